The third-order valence-corrected chi connectivity index (χ3v) is 3.91. The molecule has 0 aliphatic carbocycles. The number of hydrogen-bond acceptors (Lipinski definition) is 4. The number of para-hydroxylation sites is 2. The Morgan fingerprint density at radius 1 is 1.30 bits per heavy atom. The van der Waals surface area contributed by atoms with E-state index in [1.165, 1.54) is 12.8 Å². The van der Waals surface area contributed by atoms with Gasteiger partial charge in [-0.3, -0.25) is 9.80 Å². The molecule has 108 valence electrons. The smallest absolute Gasteiger partial charge is 0.414 e. The van der Waals surface area contributed by atoms with Gasteiger partial charge < -0.3 is 9.47 Å². The van der Waals surface area contributed by atoms with E-state index in [2.05, 4.69) is 4.90 Å². The Labute approximate surface area is 119 Å². The van der Waals surface area contributed by atoms with E-state index in [0.717, 1.165) is 25.3 Å². The number of methoxy groups -OCH3 is 1. The first-order chi connectivity index (χ1) is 9.78. The summed E-state index contributed by atoms with van der Waals surface area (Å²) in [6.45, 7) is 3.65. The molecular weight excluding hydrogens is 256 g/mol. The average Bonchev–Trinajstić information content (AvgIpc) is 3.09. The van der Waals surface area contributed by atoms with Gasteiger partial charge >= 0.3 is 6.09 Å². The van der Waals surface area contributed by atoms with Gasteiger partial charge in [0.15, 0.2) is 0 Å². The van der Waals surface area contributed by atoms with E-state index in [0.29, 0.717) is 12.3 Å². The van der Waals surface area contributed by atoms with E-state index in [1.54, 1.807) is 12.0 Å². The average molecular weight is 276 g/mol. The number of carbonyl (C=O) groups is 1. The lowest BCUT2D eigenvalue weighted by molar-refractivity contribution is 0.116. The lowest BCUT2D eigenvalue weighted by Gasteiger charge is -2.18. The molecule has 0 saturated carbocycles. The zero-order chi connectivity index (χ0) is 13.9. The van der Waals surface area contributed by atoms with Crippen LogP contribution in [0, 0.1) is 0 Å². The van der Waals surface area contributed by atoms with Crippen molar-refractivity contribution in [1.82, 2.24) is 4.90 Å². The van der Waals surface area contributed by atoms with Crippen molar-refractivity contribution in [3.63, 3.8) is 0 Å². The van der Waals surface area contributed by atoms with E-state index < -0.39 is 0 Å². The second-order valence-electron chi connectivity index (χ2n) is 5.30. The van der Waals surface area contributed by atoms with E-state index in [-0.39, 0.29) is 12.2 Å². The maximum Gasteiger partial charge on any atom is 0.414 e. The highest BCUT2D eigenvalue weighted by Crippen LogP contribution is 2.31. The predicted molar refractivity (Wildman–Crippen MR) is 76.3 cm³/mol. The summed E-state index contributed by atoms with van der Waals surface area (Å²) in [5.74, 6) is 0.700. The first-order valence-electron chi connectivity index (χ1n) is 7.11. The van der Waals surface area contributed by atoms with Gasteiger partial charge in [-0.25, -0.2) is 4.79 Å². The van der Waals surface area contributed by atoms with Crippen molar-refractivity contribution < 1.29 is 14.3 Å². The highest BCUT2D eigenvalue weighted by atomic mass is 16.6. The van der Waals surface area contributed by atoms with Crippen molar-refractivity contribution >= 4 is 11.8 Å². The minimum atomic E-state index is -0.279. The normalized spacial score (nSPS) is 23.1. The fourth-order valence-corrected chi connectivity index (χ4v) is 2.92. The summed E-state index contributed by atoms with van der Waals surface area (Å²) in [5.41, 5.74) is 0.781. The topological polar surface area (TPSA) is 42.0 Å². The quantitative estimate of drug-likeness (QED) is 0.844. The molecule has 1 amide bonds. The molecule has 1 atom stereocenters. The monoisotopic (exact) mass is 276 g/mol. The zero-order valence-electron chi connectivity index (χ0n) is 11.7. The van der Waals surface area contributed by atoms with Crippen molar-refractivity contribution in [2.45, 2.75) is 18.9 Å². The van der Waals surface area contributed by atoms with E-state index >= 15 is 0 Å². The van der Waals surface area contributed by atoms with Gasteiger partial charge in [-0.2, -0.15) is 0 Å². The molecule has 2 fully saturated rings. The van der Waals surface area contributed by atoms with E-state index in [9.17, 15) is 4.79 Å². The van der Waals surface area contributed by atoms with Gasteiger partial charge in [0.1, 0.15) is 11.9 Å². The van der Waals surface area contributed by atoms with Gasteiger partial charge in [-0.15, -0.1) is 0 Å². The summed E-state index contributed by atoms with van der Waals surface area (Å²) in [4.78, 5) is 16.1. The molecule has 0 bridgehead atoms. The Bertz CT molecular complexity index is 486. The third kappa shape index (κ3) is 2.58. The predicted octanol–water partition coefficient (Wildman–Crippen LogP) is 2.12. The maximum absolute atomic E-state index is 12.1. The maximum atomic E-state index is 12.1. The van der Waals surface area contributed by atoms with Crippen LogP contribution in [0.5, 0.6) is 5.75 Å². The lowest BCUT2D eigenvalue weighted by Crippen LogP contribution is -2.33. The van der Waals surface area contributed by atoms with Gasteiger partial charge in [0.2, 0.25) is 0 Å². The molecule has 0 N–H and O–H groups in total. The summed E-state index contributed by atoms with van der Waals surface area (Å²) in [6.07, 6.45) is 2.16. The Hall–Kier alpha value is -1.75. The number of cyclic esters (lactones) is 1. The van der Waals surface area contributed by atoms with Crippen molar-refractivity contribution in [3.8, 4) is 5.75 Å². The standard InChI is InChI=1S/C15H20N2O3/c1-19-14-7-3-2-6-13(14)17-11-12(20-15(17)18)10-16-8-4-5-9-16/h2-3,6-7,12H,4-5,8-11H2,1H3. The van der Waals surface area contributed by atoms with Gasteiger partial charge in [-0.05, 0) is 38.1 Å². The molecule has 1 aromatic carbocycles. The summed E-state index contributed by atoms with van der Waals surface area (Å²) in [5, 5.41) is 0. The molecule has 2 saturated heterocycles. The highest BCUT2D eigenvalue weighted by molar-refractivity contribution is 5.91. The lowest BCUT2D eigenvalue weighted by atomic mass is 10.2. The number of carbonyl (C=O) groups excluding carboxylic acids is 1. The summed E-state index contributed by atoms with van der Waals surface area (Å²) >= 11 is 0. The van der Waals surface area contributed by atoms with Crippen molar-refractivity contribution in [3.05, 3.63) is 24.3 Å². The Morgan fingerprint density at radius 3 is 2.80 bits per heavy atom. The van der Waals surface area contributed by atoms with E-state index in [1.807, 2.05) is 24.3 Å². The van der Waals surface area contributed by atoms with Crippen molar-refractivity contribution in [2.75, 3.05) is 38.2 Å². The third-order valence-electron chi connectivity index (χ3n) is 3.91. The molecule has 0 spiro atoms. The largest absolute Gasteiger partial charge is 0.495 e. The molecule has 0 aromatic heterocycles. The fraction of sp³-hybridized carbons (Fsp3) is 0.533. The van der Waals surface area contributed by atoms with Crippen LogP contribution in [0.15, 0.2) is 24.3 Å². The first-order valence-corrected chi connectivity index (χ1v) is 7.11. The molecule has 2 heterocycles. The fourth-order valence-electron chi connectivity index (χ4n) is 2.92. The Kier molecular flexibility index (Phi) is 3.78. The van der Waals surface area contributed by atoms with Gasteiger partial charge in [0.05, 0.1) is 19.3 Å². The summed E-state index contributed by atoms with van der Waals surface area (Å²) in [7, 11) is 1.61. The Morgan fingerprint density at radius 2 is 2.05 bits per heavy atom. The molecule has 2 aliphatic rings. The number of likely N-dealkylation sites (tertiary alicyclic amines) is 1. The molecule has 1 unspecified atom stereocenters. The number of nitrogens with zero attached hydrogens (tertiary/aromatic N) is 2. The highest BCUT2D eigenvalue weighted by Gasteiger charge is 2.35. The number of anilines is 1. The molecular formula is C15H20N2O3. The van der Waals surface area contributed by atoms with Crippen LogP contribution in [-0.2, 0) is 4.74 Å². The van der Waals surface area contributed by atoms with Gasteiger partial charge in [0, 0.05) is 6.54 Å². The second kappa shape index (κ2) is 5.71. The molecule has 0 radical (unpaired) electrons. The Balaban J connectivity index is 1.70. The summed E-state index contributed by atoms with van der Waals surface area (Å²) in [6, 6.07) is 7.54. The number of rotatable bonds is 4. The van der Waals surface area contributed by atoms with Crippen LogP contribution in [0.3, 0.4) is 0 Å². The van der Waals surface area contributed by atoms with Crippen molar-refractivity contribution in [2.24, 2.45) is 0 Å². The number of hydrogen-bond donors (Lipinski definition) is 0. The van der Waals surface area contributed by atoms with Crippen LogP contribution >= 0.6 is 0 Å². The van der Waals surface area contributed by atoms with Crippen LogP contribution < -0.4 is 9.64 Å². The van der Waals surface area contributed by atoms with Crippen LogP contribution in [-0.4, -0.2) is 50.4 Å². The molecule has 3 rings (SSSR count). The molecule has 5 nitrogen and oxygen atoms in total. The minimum absolute atomic E-state index is 0.0505. The van der Waals surface area contributed by atoms with Crippen LogP contribution in [0.2, 0.25) is 0 Å². The van der Waals surface area contributed by atoms with Crippen molar-refractivity contribution in [1.29, 1.82) is 0 Å². The first kappa shape index (κ1) is 13.2. The molecule has 2 aliphatic heterocycles. The van der Waals surface area contributed by atoms with Crippen LogP contribution in [0.1, 0.15) is 12.8 Å². The molecule has 20 heavy (non-hydrogen) atoms. The molecule has 5 heteroatoms. The number of amides is 1. The van der Waals surface area contributed by atoms with Gasteiger partial charge in [-0.1, -0.05) is 12.1 Å². The minimum Gasteiger partial charge on any atom is -0.495 e. The number of ether oxygens (including phenoxy) is 2. The SMILES string of the molecule is COc1ccccc1N1CC(CN2CCCC2)OC1=O. The van der Waals surface area contributed by atoms with Crippen LogP contribution in [0.4, 0.5) is 10.5 Å². The summed E-state index contributed by atoms with van der Waals surface area (Å²) < 4.78 is 10.8. The number of benzene rings is 1. The second-order valence-corrected chi connectivity index (χ2v) is 5.30. The zero-order valence-corrected chi connectivity index (χ0v) is 11.7. The molecule has 1 aromatic rings. The van der Waals surface area contributed by atoms with Crippen LogP contribution in [0.25, 0.3) is 0 Å². The van der Waals surface area contributed by atoms with Gasteiger partial charge in [0.25, 0.3) is 0 Å². The van der Waals surface area contributed by atoms with E-state index in [4.69, 9.17) is 9.47 Å².